The Morgan fingerprint density at radius 2 is 1.05 bits per heavy atom. The second kappa shape index (κ2) is 7.81. The van der Waals surface area contributed by atoms with E-state index >= 15 is 0 Å². The van der Waals surface area contributed by atoms with Crippen molar-refractivity contribution < 1.29 is 15.4 Å². The molecular weight excluding hydrogens is 448 g/mol. The number of para-hydroxylation sites is 1. The van der Waals surface area contributed by atoms with E-state index in [1.54, 1.807) is 12.1 Å². The van der Waals surface area contributed by atoms with Gasteiger partial charge in [-0.1, -0.05) is 115 Å². The molecule has 0 fully saturated rings. The summed E-state index contributed by atoms with van der Waals surface area (Å²) in [6, 6.07) is 23.5. The molecule has 172 valence electrons. The van der Waals surface area contributed by atoms with Gasteiger partial charge in [0, 0.05) is 10.8 Å². The lowest BCUT2D eigenvalue weighted by Crippen LogP contribution is -1.91. The van der Waals surface area contributed by atoms with Crippen LogP contribution in [0.1, 0.15) is 11.0 Å². The van der Waals surface area contributed by atoms with Gasteiger partial charge >= 0.3 is 0 Å². The summed E-state index contributed by atoms with van der Waals surface area (Å²) in [5.74, 6) is 0. The van der Waals surface area contributed by atoms with Crippen LogP contribution in [-0.4, -0.2) is 0 Å². The molecule has 1 aromatic heterocycles. The third kappa shape index (κ3) is 2.98. The lowest BCUT2D eigenvalue weighted by Gasteiger charge is -2.18. The van der Waals surface area contributed by atoms with Gasteiger partial charge in [0.05, 0.1) is 11.0 Å². The number of furan rings is 1. The van der Waals surface area contributed by atoms with Gasteiger partial charge in [-0.3, -0.25) is 0 Å². The summed E-state index contributed by atoms with van der Waals surface area (Å²) >= 11 is 0. The van der Waals surface area contributed by atoms with Gasteiger partial charge in [-0.05, 0) is 72.8 Å². The Morgan fingerprint density at radius 3 is 1.81 bits per heavy atom. The number of hydrogen-bond acceptors (Lipinski definition) is 1. The van der Waals surface area contributed by atoms with Gasteiger partial charge in [0.1, 0.15) is 11.2 Å². The Hall–Kier alpha value is -4.88. The molecule has 0 bridgehead atoms. The zero-order valence-corrected chi connectivity index (χ0v) is 19.5. The van der Waals surface area contributed by atoms with E-state index in [0.29, 0.717) is 33.4 Å². The summed E-state index contributed by atoms with van der Waals surface area (Å²) < 4.78 is 77.5. The lowest BCUT2D eigenvalue weighted by molar-refractivity contribution is 0.669. The fraction of sp³-hybridized carbons (Fsp3) is 0. The van der Waals surface area contributed by atoms with Crippen molar-refractivity contribution in [3.63, 3.8) is 0 Å². The summed E-state index contributed by atoms with van der Waals surface area (Å²) in [5, 5.41) is 4.09. The first-order valence-electron chi connectivity index (χ1n) is 16.0. The van der Waals surface area contributed by atoms with Crippen molar-refractivity contribution in [2.45, 2.75) is 0 Å². The molecule has 1 heteroatoms. The van der Waals surface area contributed by atoms with Crippen LogP contribution in [0.25, 0.3) is 76.5 Å². The Kier molecular flexibility index (Phi) is 2.96. The third-order valence-electron chi connectivity index (χ3n) is 7.10. The van der Waals surface area contributed by atoms with Gasteiger partial charge in [0.2, 0.25) is 0 Å². The molecule has 0 N–H and O–H groups in total. The maximum absolute atomic E-state index is 9.20. The van der Waals surface area contributed by atoms with Gasteiger partial charge in [0.15, 0.2) is 0 Å². The molecule has 1 nitrogen and oxygen atoms in total. The van der Waals surface area contributed by atoms with Crippen LogP contribution in [-0.2, 0) is 0 Å². The monoisotopic (exact) mass is 478 g/mol. The minimum atomic E-state index is -0.423. The predicted molar refractivity (Wildman–Crippen MR) is 157 cm³/mol. The minimum absolute atomic E-state index is 0.189. The lowest BCUT2D eigenvalue weighted by atomic mass is 9.84. The summed E-state index contributed by atoms with van der Waals surface area (Å²) in [6.07, 6.45) is 0. The summed E-state index contributed by atoms with van der Waals surface area (Å²) in [4.78, 5) is 0. The first kappa shape index (κ1) is 14.0. The quantitative estimate of drug-likeness (QED) is 0.225. The molecule has 8 aromatic rings. The first-order valence-corrected chi connectivity index (χ1v) is 12.0. The molecule has 0 atom stereocenters. The van der Waals surface area contributed by atoms with E-state index in [1.807, 2.05) is 72.8 Å². The molecule has 0 saturated heterocycles. The van der Waals surface area contributed by atoms with Gasteiger partial charge in [-0.2, -0.15) is 0 Å². The van der Waals surface area contributed by atoms with Crippen molar-refractivity contribution in [3.05, 3.63) is 133 Å². The summed E-state index contributed by atoms with van der Waals surface area (Å²) in [7, 11) is 0. The van der Waals surface area contributed by atoms with Crippen LogP contribution in [0.4, 0.5) is 0 Å². The first-order chi connectivity index (χ1) is 21.7. The molecule has 0 saturated carbocycles. The highest BCUT2D eigenvalue weighted by molar-refractivity contribution is 6.24. The van der Waals surface area contributed by atoms with E-state index in [4.69, 9.17) is 9.90 Å². The highest BCUT2D eigenvalue weighted by Crippen LogP contribution is 2.45. The van der Waals surface area contributed by atoms with Crippen LogP contribution >= 0.6 is 0 Å². The second-order valence-electron chi connectivity index (χ2n) is 9.09. The van der Waals surface area contributed by atoms with Crippen molar-refractivity contribution >= 4 is 54.3 Å². The van der Waals surface area contributed by atoms with Gasteiger partial charge in [-0.15, -0.1) is 0 Å². The van der Waals surface area contributed by atoms with Crippen LogP contribution in [0.15, 0.2) is 138 Å². The molecule has 0 amide bonds. The Balaban J connectivity index is 1.69. The Morgan fingerprint density at radius 1 is 0.459 bits per heavy atom. The van der Waals surface area contributed by atoms with Gasteiger partial charge in [-0.25, -0.2) is 0 Å². The molecule has 7 aromatic carbocycles. The maximum atomic E-state index is 9.20. The summed E-state index contributed by atoms with van der Waals surface area (Å²) in [6.45, 7) is 0. The van der Waals surface area contributed by atoms with Crippen LogP contribution < -0.4 is 0 Å². The van der Waals surface area contributed by atoms with Crippen molar-refractivity contribution in [2.75, 3.05) is 0 Å². The minimum Gasteiger partial charge on any atom is -0.456 e. The van der Waals surface area contributed by atoms with E-state index in [1.165, 1.54) is 0 Å². The molecule has 0 aliphatic heterocycles. The molecule has 0 spiro atoms. The topological polar surface area (TPSA) is 13.1 Å². The van der Waals surface area contributed by atoms with Gasteiger partial charge < -0.3 is 4.42 Å². The molecule has 8 rings (SSSR count). The number of hydrogen-bond donors (Lipinski definition) is 0. The van der Waals surface area contributed by atoms with Crippen LogP contribution in [0, 0.1) is 0 Å². The SMILES string of the molecule is [2H]c1c([2H])c([2H])c2c(-c3cccc4ccccc34)c3c([2H])c([2H])c([2H])c([2H])c3c(-c3ccc4oc5ccccc5c4c3)c2c1[2H]. The van der Waals surface area contributed by atoms with E-state index in [0.717, 1.165) is 21.5 Å². The molecule has 0 aliphatic rings. The molecule has 37 heavy (non-hydrogen) atoms. The Bertz CT molecular complexity index is 2500. The van der Waals surface area contributed by atoms with Crippen molar-refractivity contribution in [1.29, 1.82) is 0 Å². The maximum Gasteiger partial charge on any atom is 0.135 e. The number of fused-ring (bicyclic) bond motifs is 6. The molecule has 0 aliphatic carbocycles. The van der Waals surface area contributed by atoms with E-state index in [-0.39, 0.29) is 45.7 Å². The Labute approximate surface area is 225 Å². The average molecular weight is 479 g/mol. The normalized spacial score (nSPS) is 14.8. The average Bonchev–Trinajstić information content (AvgIpc) is 3.44. The highest BCUT2D eigenvalue weighted by Gasteiger charge is 2.18. The molecule has 0 radical (unpaired) electrons. The largest absolute Gasteiger partial charge is 0.456 e. The highest BCUT2D eigenvalue weighted by atomic mass is 16.3. The van der Waals surface area contributed by atoms with Gasteiger partial charge in [0.25, 0.3) is 0 Å². The number of rotatable bonds is 2. The van der Waals surface area contributed by atoms with E-state index in [2.05, 4.69) is 0 Å². The van der Waals surface area contributed by atoms with Crippen LogP contribution in [0.2, 0.25) is 0 Å². The summed E-state index contributed by atoms with van der Waals surface area (Å²) in [5.41, 5.74) is 3.13. The number of benzene rings is 7. The van der Waals surface area contributed by atoms with Crippen molar-refractivity contribution in [2.24, 2.45) is 0 Å². The zero-order valence-electron chi connectivity index (χ0n) is 27.5. The molecule has 0 unspecified atom stereocenters. The fourth-order valence-electron chi connectivity index (χ4n) is 5.51. The van der Waals surface area contributed by atoms with Crippen LogP contribution in [0.3, 0.4) is 0 Å². The second-order valence-corrected chi connectivity index (χ2v) is 9.09. The molecular formula is C36H22O. The van der Waals surface area contributed by atoms with Crippen molar-refractivity contribution in [1.82, 2.24) is 0 Å². The predicted octanol–water partition coefficient (Wildman–Crippen LogP) is 10.4. The smallest absolute Gasteiger partial charge is 0.135 e. The standard InChI is InChI=1S/C36H22O/c1-2-12-25-23(10-1)11-9-18-27(25)36-30-16-5-3-14-28(30)35(29-15-4-6-17-31(29)36)24-20-21-34-32(22-24)26-13-7-8-19-33(26)37-34/h1-22H/i3D,4D,5D,6D,14D,15D,16D,17D. The van der Waals surface area contributed by atoms with Crippen LogP contribution in [0.5, 0.6) is 0 Å². The fourth-order valence-corrected chi connectivity index (χ4v) is 5.51. The van der Waals surface area contributed by atoms with Crippen molar-refractivity contribution in [3.8, 4) is 22.3 Å². The molecule has 1 heterocycles. The van der Waals surface area contributed by atoms with E-state index < -0.39 is 24.2 Å². The third-order valence-corrected chi connectivity index (χ3v) is 7.10. The van der Waals surface area contributed by atoms with E-state index in [9.17, 15) is 5.48 Å². The zero-order chi connectivity index (χ0) is 31.3.